The third-order valence-corrected chi connectivity index (χ3v) is 11.0. The summed E-state index contributed by atoms with van der Waals surface area (Å²) in [4.78, 5) is 11.6. The molecule has 0 amide bonds. The quantitative estimate of drug-likeness (QED) is 0.273. The molecule has 51 heavy (non-hydrogen) atoms. The number of rotatable bonds is 3. The van der Waals surface area contributed by atoms with Gasteiger partial charge < -0.3 is 14.2 Å². The summed E-state index contributed by atoms with van der Waals surface area (Å²) in [5.41, 5.74) is 0. The summed E-state index contributed by atoms with van der Waals surface area (Å²) in [6.07, 6.45) is 46.8. The van der Waals surface area contributed by atoms with E-state index in [9.17, 15) is 4.79 Å². The number of hydrogen-bond acceptors (Lipinski definition) is 4. The van der Waals surface area contributed by atoms with Crippen molar-refractivity contribution in [2.24, 2.45) is 0 Å². The van der Waals surface area contributed by atoms with E-state index < -0.39 is 0 Å². The lowest BCUT2D eigenvalue weighted by Gasteiger charge is -2.19. The van der Waals surface area contributed by atoms with Crippen LogP contribution in [0.25, 0.3) is 0 Å². The summed E-state index contributed by atoms with van der Waals surface area (Å²) in [5.74, 6) is 2.06. The predicted octanol–water partition coefficient (Wildman–Crippen LogP) is 15.8. The van der Waals surface area contributed by atoms with Gasteiger partial charge >= 0.3 is 5.97 Å². The van der Waals surface area contributed by atoms with Gasteiger partial charge in [0, 0.05) is 19.3 Å². The largest absolute Gasteiger partial charge is 0.496 e. The van der Waals surface area contributed by atoms with E-state index in [4.69, 9.17) is 14.2 Å². The van der Waals surface area contributed by atoms with Gasteiger partial charge in [-0.15, -0.1) is 0 Å². The minimum atomic E-state index is 0.0303. The zero-order valence-corrected chi connectivity index (χ0v) is 34.7. The molecule has 0 N–H and O–H groups in total. The number of allylic oxidation sites excluding steroid dienone is 2. The van der Waals surface area contributed by atoms with E-state index in [-0.39, 0.29) is 12.1 Å². The fourth-order valence-electron chi connectivity index (χ4n) is 7.67. The average Bonchev–Trinajstić information content (AvgIpc) is 3.12. The number of carbonyl (C=O) groups excluding carboxylic acids is 1. The molecule has 0 spiro atoms. The number of ether oxygens (including phenoxy) is 3. The second kappa shape index (κ2) is 35.6. The Bertz CT molecular complexity index is 806. The maximum Gasteiger partial charge on any atom is 0.306 e. The van der Waals surface area contributed by atoms with Crippen molar-refractivity contribution in [3.63, 3.8) is 0 Å². The summed E-state index contributed by atoms with van der Waals surface area (Å²) < 4.78 is 17.3. The lowest BCUT2D eigenvalue weighted by Crippen LogP contribution is -2.18. The molecule has 0 bridgehead atoms. The topological polar surface area (TPSA) is 44.8 Å². The molecule has 4 nitrogen and oxygen atoms in total. The molecule has 3 atom stereocenters. The van der Waals surface area contributed by atoms with Gasteiger partial charge in [0.05, 0.1) is 23.7 Å². The third-order valence-electron chi connectivity index (χ3n) is 11.0. The summed E-state index contributed by atoms with van der Waals surface area (Å²) in [5, 5.41) is 0. The fourth-order valence-corrected chi connectivity index (χ4v) is 7.67. The molecule has 3 saturated heterocycles. The first-order valence-electron chi connectivity index (χ1n) is 22.8. The standard InChI is InChI=1S/2C16H30O.C15H28O2/c1-15-13-11-9-7-5-3-4-6-8-10-12-14-16(2)17-15;1-3-16-14-12-10-8-6-4-5-7-9-11-13-15(2)17-16;1-2-11-14-12-9-7-5-3-4-6-8-10-13-15(16)17-14/h16H,1,3-14H2,2H3;16H,2-14H2,1H3;14H,2-13H2,1H3. The highest BCUT2D eigenvalue weighted by atomic mass is 16.5. The molecule has 0 radical (unpaired) electrons. The van der Waals surface area contributed by atoms with Gasteiger partial charge in [-0.2, -0.15) is 0 Å². The van der Waals surface area contributed by atoms with E-state index in [1.54, 1.807) is 0 Å². The minimum absolute atomic E-state index is 0.0303. The van der Waals surface area contributed by atoms with Crippen LogP contribution in [-0.4, -0.2) is 24.3 Å². The van der Waals surface area contributed by atoms with Crippen molar-refractivity contribution in [3.05, 3.63) is 24.7 Å². The summed E-state index contributed by atoms with van der Waals surface area (Å²) >= 11 is 0. The number of cyclic esters (lactones) is 1. The molecule has 0 saturated carbocycles. The molecular formula is C47H88O4. The Morgan fingerprint density at radius 1 is 0.451 bits per heavy atom. The molecule has 3 fully saturated rings. The highest BCUT2D eigenvalue weighted by molar-refractivity contribution is 5.69. The van der Waals surface area contributed by atoms with Crippen LogP contribution in [0.3, 0.4) is 0 Å². The van der Waals surface area contributed by atoms with Crippen molar-refractivity contribution in [3.8, 4) is 0 Å². The van der Waals surface area contributed by atoms with Crippen molar-refractivity contribution in [1.29, 1.82) is 0 Å². The SMILES string of the molecule is C=C1CCCCCCCCCCCC(CC)O1.C=C1CCCCCCCCCCCCC(C)O1.CCCC1CCCCCCCCCCC(=O)O1. The Labute approximate surface area is 319 Å². The lowest BCUT2D eigenvalue weighted by molar-refractivity contribution is -0.150. The minimum Gasteiger partial charge on any atom is -0.496 e. The smallest absolute Gasteiger partial charge is 0.306 e. The second-order valence-corrected chi connectivity index (χ2v) is 16.2. The van der Waals surface area contributed by atoms with Gasteiger partial charge in [-0.1, -0.05) is 168 Å². The molecule has 3 heterocycles. The van der Waals surface area contributed by atoms with Crippen LogP contribution in [0, 0.1) is 0 Å². The van der Waals surface area contributed by atoms with Crippen LogP contribution in [0.5, 0.6) is 0 Å². The highest BCUT2D eigenvalue weighted by Crippen LogP contribution is 2.21. The molecule has 4 heteroatoms. The molecule has 0 aromatic heterocycles. The van der Waals surface area contributed by atoms with E-state index in [1.807, 2.05) is 0 Å². The average molecular weight is 717 g/mol. The maximum atomic E-state index is 11.6. The lowest BCUT2D eigenvalue weighted by atomic mass is 10.0. The Kier molecular flexibility index (Phi) is 33.2. The Morgan fingerprint density at radius 3 is 1.24 bits per heavy atom. The zero-order valence-electron chi connectivity index (χ0n) is 34.7. The van der Waals surface area contributed by atoms with Crippen molar-refractivity contribution >= 4 is 5.97 Å². The van der Waals surface area contributed by atoms with E-state index in [1.165, 1.54) is 180 Å². The maximum absolute atomic E-state index is 11.6. The van der Waals surface area contributed by atoms with Gasteiger partial charge in [0.1, 0.15) is 6.10 Å². The van der Waals surface area contributed by atoms with Crippen LogP contribution >= 0.6 is 0 Å². The van der Waals surface area contributed by atoms with Crippen molar-refractivity contribution < 1.29 is 19.0 Å². The van der Waals surface area contributed by atoms with Gasteiger partial charge in [0.2, 0.25) is 0 Å². The van der Waals surface area contributed by atoms with Crippen LogP contribution in [0.4, 0.5) is 0 Å². The van der Waals surface area contributed by atoms with Crippen LogP contribution < -0.4 is 0 Å². The molecule has 3 unspecified atom stereocenters. The molecule has 0 aliphatic carbocycles. The first-order chi connectivity index (χ1) is 24.9. The highest BCUT2D eigenvalue weighted by Gasteiger charge is 2.14. The Balaban J connectivity index is 0.000000382. The first kappa shape index (κ1) is 47.6. The fraction of sp³-hybridized carbons (Fsp3) is 0.894. The van der Waals surface area contributed by atoms with E-state index in [0.717, 1.165) is 56.5 Å². The van der Waals surface area contributed by atoms with Crippen LogP contribution in [-0.2, 0) is 19.0 Å². The van der Waals surface area contributed by atoms with E-state index in [0.29, 0.717) is 18.6 Å². The number of esters is 1. The normalized spacial score (nSPS) is 25.9. The second-order valence-electron chi connectivity index (χ2n) is 16.2. The third kappa shape index (κ3) is 31.8. The van der Waals surface area contributed by atoms with Crippen molar-refractivity contribution in [1.82, 2.24) is 0 Å². The molecular weight excluding hydrogens is 629 g/mol. The van der Waals surface area contributed by atoms with E-state index >= 15 is 0 Å². The Morgan fingerprint density at radius 2 is 0.804 bits per heavy atom. The zero-order chi connectivity index (χ0) is 37.0. The van der Waals surface area contributed by atoms with Crippen LogP contribution in [0.1, 0.15) is 252 Å². The molecule has 300 valence electrons. The molecule has 0 aromatic carbocycles. The van der Waals surface area contributed by atoms with Crippen LogP contribution in [0.2, 0.25) is 0 Å². The van der Waals surface area contributed by atoms with Gasteiger partial charge in [-0.05, 0) is 77.6 Å². The van der Waals surface area contributed by atoms with Gasteiger partial charge in [-0.3, -0.25) is 4.79 Å². The summed E-state index contributed by atoms with van der Waals surface area (Å²) in [6, 6.07) is 0. The molecule has 3 rings (SSSR count). The van der Waals surface area contributed by atoms with E-state index in [2.05, 4.69) is 33.9 Å². The monoisotopic (exact) mass is 717 g/mol. The predicted molar refractivity (Wildman–Crippen MR) is 221 cm³/mol. The van der Waals surface area contributed by atoms with Crippen molar-refractivity contribution in [2.45, 2.75) is 270 Å². The van der Waals surface area contributed by atoms with Crippen molar-refractivity contribution in [2.75, 3.05) is 0 Å². The Hall–Kier alpha value is -1.45. The number of hydrogen-bond donors (Lipinski definition) is 0. The van der Waals surface area contributed by atoms with Crippen LogP contribution in [0.15, 0.2) is 24.7 Å². The first-order valence-corrected chi connectivity index (χ1v) is 22.8. The molecule has 3 aliphatic rings. The van der Waals surface area contributed by atoms with Gasteiger partial charge in [0.15, 0.2) is 0 Å². The summed E-state index contributed by atoms with van der Waals surface area (Å²) in [6.45, 7) is 14.7. The molecule has 0 aromatic rings. The molecule has 3 aliphatic heterocycles. The van der Waals surface area contributed by atoms with Gasteiger partial charge in [-0.25, -0.2) is 0 Å². The number of carbonyl (C=O) groups is 1. The van der Waals surface area contributed by atoms with Gasteiger partial charge in [0.25, 0.3) is 0 Å². The summed E-state index contributed by atoms with van der Waals surface area (Å²) in [7, 11) is 0.